The number of hydrogen-bond donors (Lipinski definition) is 2. The molecule has 2 aromatic carbocycles. The van der Waals surface area contributed by atoms with Crippen LogP contribution in [0.1, 0.15) is 26.3 Å². The molecule has 2 amide bonds. The van der Waals surface area contributed by atoms with E-state index in [2.05, 4.69) is 5.32 Å². The Balaban J connectivity index is 1.96. The van der Waals surface area contributed by atoms with E-state index in [-0.39, 0.29) is 5.91 Å². The number of nitrogens with two attached hydrogens (primary N) is 1. The maximum atomic E-state index is 12.5. The van der Waals surface area contributed by atoms with Gasteiger partial charge < -0.3 is 11.1 Å². The normalized spacial score (nSPS) is 10.4. The maximum absolute atomic E-state index is 12.5. The van der Waals surface area contributed by atoms with Crippen molar-refractivity contribution in [3.8, 4) is 10.4 Å². The minimum atomic E-state index is -0.562. The second-order valence-corrected chi connectivity index (χ2v) is 6.40. The summed E-state index contributed by atoms with van der Waals surface area (Å²) in [6.45, 7) is 1.87. The number of primary amides is 1. The van der Waals surface area contributed by atoms with Gasteiger partial charge in [-0.15, -0.1) is 11.3 Å². The van der Waals surface area contributed by atoms with Crippen molar-refractivity contribution < 1.29 is 9.59 Å². The summed E-state index contributed by atoms with van der Waals surface area (Å²) < 4.78 is 0. The van der Waals surface area contributed by atoms with Crippen LogP contribution in [0.4, 0.5) is 5.00 Å². The van der Waals surface area contributed by atoms with Gasteiger partial charge in [0.05, 0.1) is 5.56 Å². The van der Waals surface area contributed by atoms with Gasteiger partial charge in [-0.3, -0.25) is 9.59 Å². The van der Waals surface area contributed by atoms with E-state index in [0.29, 0.717) is 16.1 Å². The zero-order valence-corrected chi connectivity index (χ0v) is 13.9. The molecule has 0 aliphatic rings. The van der Waals surface area contributed by atoms with Crippen LogP contribution < -0.4 is 11.1 Å². The van der Waals surface area contributed by atoms with Gasteiger partial charge in [0.25, 0.3) is 11.8 Å². The molecule has 0 unspecified atom stereocenters. The van der Waals surface area contributed by atoms with Crippen LogP contribution >= 0.6 is 11.3 Å². The molecule has 1 heterocycles. The fourth-order valence-electron chi connectivity index (χ4n) is 2.41. The summed E-state index contributed by atoms with van der Waals surface area (Å²) in [7, 11) is 0. The van der Waals surface area contributed by atoms with E-state index >= 15 is 0 Å². The first-order valence-corrected chi connectivity index (χ1v) is 8.24. The van der Waals surface area contributed by atoms with Crippen molar-refractivity contribution in [2.75, 3.05) is 5.32 Å². The molecule has 1 aromatic heterocycles. The zero-order valence-electron chi connectivity index (χ0n) is 13.1. The number of anilines is 1. The summed E-state index contributed by atoms with van der Waals surface area (Å²) in [5.41, 5.74) is 8.20. The predicted molar refractivity (Wildman–Crippen MR) is 97.4 cm³/mol. The molecule has 0 saturated heterocycles. The van der Waals surface area contributed by atoms with Crippen LogP contribution in [-0.4, -0.2) is 11.8 Å². The van der Waals surface area contributed by atoms with E-state index < -0.39 is 5.91 Å². The molecule has 3 aromatic rings. The van der Waals surface area contributed by atoms with Crippen LogP contribution in [0.3, 0.4) is 0 Å². The molecular weight excluding hydrogens is 320 g/mol. The minimum absolute atomic E-state index is 0.253. The molecule has 0 spiro atoms. The van der Waals surface area contributed by atoms with E-state index in [4.69, 9.17) is 5.73 Å². The highest BCUT2D eigenvalue weighted by atomic mass is 32.1. The molecule has 5 heteroatoms. The number of nitrogens with one attached hydrogen (secondary N) is 1. The maximum Gasteiger partial charge on any atom is 0.256 e. The average Bonchev–Trinajstić information content (AvgIpc) is 3.00. The summed E-state index contributed by atoms with van der Waals surface area (Å²) in [4.78, 5) is 25.1. The molecule has 0 radical (unpaired) electrons. The van der Waals surface area contributed by atoms with Gasteiger partial charge in [0.1, 0.15) is 5.00 Å². The number of carbonyl (C=O) groups is 2. The molecule has 3 N–H and O–H groups in total. The highest BCUT2D eigenvalue weighted by molar-refractivity contribution is 7.20. The molecule has 120 valence electrons. The van der Waals surface area contributed by atoms with Crippen molar-refractivity contribution in [2.24, 2.45) is 5.73 Å². The smallest absolute Gasteiger partial charge is 0.256 e. The first kappa shape index (κ1) is 16.0. The van der Waals surface area contributed by atoms with Crippen LogP contribution in [0.25, 0.3) is 10.4 Å². The average molecular weight is 336 g/mol. The third-order valence-electron chi connectivity index (χ3n) is 3.67. The Morgan fingerprint density at radius 2 is 1.62 bits per heavy atom. The Kier molecular flexibility index (Phi) is 4.44. The third-order valence-corrected chi connectivity index (χ3v) is 4.77. The van der Waals surface area contributed by atoms with Crippen LogP contribution in [0.15, 0.2) is 60.7 Å². The quantitative estimate of drug-likeness (QED) is 0.753. The molecule has 0 atom stereocenters. The lowest BCUT2D eigenvalue weighted by Crippen LogP contribution is -2.17. The van der Waals surface area contributed by atoms with Crippen molar-refractivity contribution >= 4 is 28.2 Å². The Labute approximate surface area is 143 Å². The van der Waals surface area contributed by atoms with Crippen LogP contribution in [0.2, 0.25) is 0 Å². The Morgan fingerprint density at radius 3 is 2.29 bits per heavy atom. The van der Waals surface area contributed by atoms with Gasteiger partial charge in [-0.05, 0) is 30.2 Å². The van der Waals surface area contributed by atoms with Crippen LogP contribution in [0.5, 0.6) is 0 Å². The summed E-state index contributed by atoms with van der Waals surface area (Å²) in [5.74, 6) is -0.814. The predicted octanol–water partition coefficient (Wildman–Crippen LogP) is 4.07. The number of benzene rings is 2. The van der Waals surface area contributed by atoms with Crippen molar-refractivity contribution in [3.63, 3.8) is 0 Å². The first-order valence-electron chi connectivity index (χ1n) is 7.42. The van der Waals surface area contributed by atoms with E-state index in [1.807, 2.05) is 49.4 Å². The van der Waals surface area contributed by atoms with E-state index in [1.54, 1.807) is 18.2 Å². The fourth-order valence-corrected chi connectivity index (χ4v) is 3.47. The second-order valence-electron chi connectivity index (χ2n) is 5.35. The number of hydrogen-bond acceptors (Lipinski definition) is 3. The molecule has 24 heavy (non-hydrogen) atoms. The summed E-state index contributed by atoms with van der Waals surface area (Å²) >= 11 is 1.34. The SMILES string of the molecule is Cc1ccccc1C(=O)Nc1sc(-c2ccccc2)cc1C(N)=O. The number of rotatable bonds is 4. The highest BCUT2D eigenvalue weighted by Crippen LogP contribution is 2.35. The van der Waals surface area contributed by atoms with Crippen molar-refractivity contribution in [1.82, 2.24) is 0 Å². The largest absolute Gasteiger partial charge is 0.366 e. The third kappa shape index (κ3) is 3.21. The van der Waals surface area contributed by atoms with Gasteiger partial charge in [-0.1, -0.05) is 48.5 Å². The standard InChI is InChI=1S/C19H16N2O2S/c1-12-7-5-6-10-14(12)18(23)21-19-15(17(20)22)11-16(24-19)13-8-3-2-4-9-13/h2-11H,1H3,(H2,20,22)(H,21,23). The van der Waals surface area contributed by atoms with Crippen molar-refractivity contribution in [3.05, 3.63) is 77.4 Å². The first-order chi connectivity index (χ1) is 11.6. The summed E-state index contributed by atoms with van der Waals surface area (Å²) in [6.07, 6.45) is 0. The minimum Gasteiger partial charge on any atom is -0.366 e. The molecular formula is C19H16N2O2S. The van der Waals surface area contributed by atoms with Gasteiger partial charge in [0, 0.05) is 10.4 Å². The molecule has 0 aliphatic heterocycles. The Morgan fingerprint density at radius 1 is 0.958 bits per heavy atom. The Bertz CT molecular complexity index is 901. The van der Waals surface area contributed by atoms with Crippen molar-refractivity contribution in [1.29, 1.82) is 0 Å². The lowest BCUT2D eigenvalue weighted by atomic mass is 10.1. The van der Waals surface area contributed by atoms with Gasteiger partial charge >= 0.3 is 0 Å². The molecule has 0 fully saturated rings. The van der Waals surface area contributed by atoms with Crippen LogP contribution in [0, 0.1) is 6.92 Å². The highest BCUT2D eigenvalue weighted by Gasteiger charge is 2.18. The zero-order chi connectivity index (χ0) is 17.1. The molecule has 3 rings (SSSR count). The monoisotopic (exact) mass is 336 g/mol. The van der Waals surface area contributed by atoms with Gasteiger partial charge in [0.2, 0.25) is 0 Å². The van der Waals surface area contributed by atoms with Crippen LogP contribution in [-0.2, 0) is 0 Å². The lowest BCUT2D eigenvalue weighted by molar-refractivity contribution is 0.100. The topological polar surface area (TPSA) is 72.2 Å². The van der Waals surface area contributed by atoms with Gasteiger partial charge in [0.15, 0.2) is 0 Å². The summed E-state index contributed by atoms with van der Waals surface area (Å²) in [6, 6.07) is 18.7. The number of aryl methyl sites for hydroxylation is 1. The van der Waals surface area contributed by atoms with E-state index in [9.17, 15) is 9.59 Å². The van der Waals surface area contributed by atoms with Crippen molar-refractivity contribution in [2.45, 2.75) is 6.92 Å². The van der Waals surface area contributed by atoms with E-state index in [1.165, 1.54) is 11.3 Å². The molecule has 0 aliphatic carbocycles. The number of thiophene rings is 1. The molecule has 4 nitrogen and oxygen atoms in total. The number of carbonyl (C=O) groups excluding carboxylic acids is 2. The van der Waals surface area contributed by atoms with Gasteiger partial charge in [-0.2, -0.15) is 0 Å². The van der Waals surface area contributed by atoms with Gasteiger partial charge in [-0.25, -0.2) is 0 Å². The Hall–Kier alpha value is -2.92. The molecule has 0 saturated carbocycles. The lowest BCUT2D eigenvalue weighted by Gasteiger charge is -2.06. The fraction of sp³-hybridized carbons (Fsp3) is 0.0526. The molecule has 0 bridgehead atoms. The van der Waals surface area contributed by atoms with E-state index in [0.717, 1.165) is 16.0 Å². The number of amides is 2. The second kappa shape index (κ2) is 6.68. The summed E-state index contributed by atoms with van der Waals surface area (Å²) in [5, 5.41) is 3.29.